The van der Waals surface area contributed by atoms with E-state index in [1.807, 2.05) is 24.4 Å². The quantitative estimate of drug-likeness (QED) is 0.797. The van der Waals surface area contributed by atoms with Crippen LogP contribution in [0.2, 0.25) is 0 Å². The molecule has 6 heteroatoms. The van der Waals surface area contributed by atoms with E-state index < -0.39 is 6.04 Å². The van der Waals surface area contributed by atoms with Crippen LogP contribution in [0.1, 0.15) is 17.8 Å². The smallest absolute Gasteiger partial charge is 0.245 e. The van der Waals surface area contributed by atoms with Gasteiger partial charge in [-0.15, -0.1) is 11.3 Å². The largest absolute Gasteiger partial charge is 0.358 e. The van der Waals surface area contributed by atoms with Crippen LogP contribution < -0.4 is 11.1 Å². The molecule has 0 radical (unpaired) electrons. The highest BCUT2D eigenvalue weighted by atomic mass is 32.1. The molecular formula is C11H17N3O2S. The number of hydrogen-bond acceptors (Lipinski definition) is 4. The van der Waals surface area contributed by atoms with Gasteiger partial charge in [-0.1, -0.05) is 6.07 Å². The maximum Gasteiger partial charge on any atom is 0.245 e. The van der Waals surface area contributed by atoms with E-state index in [2.05, 4.69) is 5.32 Å². The predicted octanol–water partition coefficient (Wildman–Crippen LogP) is 0.342. The van der Waals surface area contributed by atoms with E-state index in [0.717, 1.165) is 4.88 Å². The van der Waals surface area contributed by atoms with Crippen molar-refractivity contribution in [1.29, 1.82) is 0 Å². The number of thiophene rings is 1. The van der Waals surface area contributed by atoms with Gasteiger partial charge in [0.25, 0.3) is 0 Å². The van der Waals surface area contributed by atoms with E-state index in [0.29, 0.717) is 6.54 Å². The SMILES string of the molecule is CCN(CC(=O)NC)C(=O)C(N)c1cccs1. The monoisotopic (exact) mass is 255 g/mol. The van der Waals surface area contributed by atoms with Crippen molar-refractivity contribution >= 4 is 23.2 Å². The molecule has 5 nitrogen and oxygen atoms in total. The molecule has 0 aliphatic heterocycles. The Kier molecular flexibility index (Phi) is 5.11. The summed E-state index contributed by atoms with van der Waals surface area (Å²) in [5.41, 5.74) is 5.86. The van der Waals surface area contributed by atoms with Crippen LogP contribution in [0.15, 0.2) is 17.5 Å². The van der Waals surface area contributed by atoms with Crippen molar-refractivity contribution in [2.75, 3.05) is 20.1 Å². The van der Waals surface area contributed by atoms with Crippen LogP contribution in [0.5, 0.6) is 0 Å². The van der Waals surface area contributed by atoms with Crippen molar-refractivity contribution in [2.24, 2.45) is 5.73 Å². The van der Waals surface area contributed by atoms with E-state index in [1.54, 1.807) is 7.05 Å². The van der Waals surface area contributed by atoms with Gasteiger partial charge >= 0.3 is 0 Å². The van der Waals surface area contributed by atoms with Crippen LogP contribution >= 0.6 is 11.3 Å². The first kappa shape index (κ1) is 13.7. The summed E-state index contributed by atoms with van der Waals surface area (Å²) in [6, 6.07) is 2.99. The number of nitrogens with two attached hydrogens (primary N) is 1. The molecule has 17 heavy (non-hydrogen) atoms. The summed E-state index contributed by atoms with van der Waals surface area (Å²) in [5.74, 6) is -0.419. The Labute approximate surface area is 105 Å². The second kappa shape index (κ2) is 6.36. The highest BCUT2D eigenvalue weighted by molar-refractivity contribution is 7.10. The van der Waals surface area contributed by atoms with Gasteiger partial charge in [-0.3, -0.25) is 9.59 Å². The van der Waals surface area contributed by atoms with Gasteiger partial charge in [-0.2, -0.15) is 0 Å². The normalized spacial score (nSPS) is 11.9. The maximum atomic E-state index is 12.1. The first-order valence-corrected chi connectivity index (χ1v) is 6.26. The predicted molar refractivity (Wildman–Crippen MR) is 67.6 cm³/mol. The molecule has 94 valence electrons. The lowest BCUT2D eigenvalue weighted by Crippen LogP contribution is -2.43. The first-order valence-electron chi connectivity index (χ1n) is 5.38. The van der Waals surface area contributed by atoms with Gasteiger partial charge in [0.2, 0.25) is 11.8 Å². The summed E-state index contributed by atoms with van der Waals surface area (Å²) in [7, 11) is 1.54. The third-order valence-corrected chi connectivity index (χ3v) is 3.38. The van der Waals surface area contributed by atoms with E-state index >= 15 is 0 Å². The summed E-state index contributed by atoms with van der Waals surface area (Å²) in [6.45, 7) is 2.33. The molecule has 0 bridgehead atoms. The fourth-order valence-corrected chi connectivity index (χ4v) is 2.10. The summed E-state index contributed by atoms with van der Waals surface area (Å²) in [6.07, 6.45) is 0. The van der Waals surface area contributed by atoms with Crippen molar-refractivity contribution in [3.63, 3.8) is 0 Å². The first-order chi connectivity index (χ1) is 8.10. The molecule has 0 aliphatic carbocycles. The van der Waals surface area contributed by atoms with Gasteiger partial charge in [0.05, 0.1) is 6.54 Å². The van der Waals surface area contributed by atoms with E-state index in [1.165, 1.54) is 16.2 Å². The molecule has 0 aliphatic rings. The molecule has 1 unspecified atom stereocenters. The summed E-state index contributed by atoms with van der Waals surface area (Å²) < 4.78 is 0. The van der Waals surface area contributed by atoms with Crippen LogP contribution in [0.3, 0.4) is 0 Å². The van der Waals surface area contributed by atoms with Crippen molar-refractivity contribution in [1.82, 2.24) is 10.2 Å². The minimum atomic E-state index is -0.681. The van der Waals surface area contributed by atoms with Crippen LogP contribution in [-0.4, -0.2) is 36.9 Å². The fraction of sp³-hybridized carbons (Fsp3) is 0.455. The zero-order chi connectivity index (χ0) is 12.8. The number of hydrogen-bond donors (Lipinski definition) is 2. The Morgan fingerprint density at radius 1 is 1.59 bits per heavy atom. The van der Waals surface area contributed by atoms with Crippen molar-refractivity contribution in [2.45, 2.75) is 13.0 Å². The second-order valence-corrected chi connectivity index (χ2v) is 4.50. The van der Waals surface area contributed by atoms with E-state index in [-0.39, 0.29) is 18.4 Å². The highest BCUT2D eigenvalue weighted by Gasteiger charge is 2.23. The molecule has 3 N–H and O–H groups in total. The molecule has 0 spiro atoms. The lowest BCUT2D eigenvalue weighted by atomic mass is 10.2. The molecule has 1 aromatic heterocycles. The standard InChI is InChI=1S/C11H17N3O2S/c1-3-14(7-9(15)13-2)11(16)10(12)8-5-4-6-17-8/h4-6,10H,3,7,12H2,1-2H3,(H,13,15). The fourth-order valence-electron chi connectivity index (χ4n) is 1.38. The van der Waals surface area contributed by atoms with Crippen LogP contribution in [0, 0.1) is 0 Å². The minimum Gasteiger partial charge on any atom is -0.358 e. The molecular weight excluding hydrogens is 238 g/mol. The Balaban J connectivity index is 2.69. The zero-order valence-corrected chi connectivity index (χ0v) is 10.8. The molecule has 1 atom stereocenters. The Bertz CT molecular complexity index is 378. The van der Waals surface area contributed by atoms with Crippen LogP contribution in [0.4, 0.5) is 0 Å². The number of carbonyl (C=O) groups excluding carboxylic acids is 2. The molecule has 2 amide bonds. The number of carbonyl (C=O) groups is 2. The molecule has 0 fully saturated rings. The van der Waals surface area contributed by atoms with Gasteiger partial charge in [0.15, 0.2) is 0 Å². The number of rotatable bonds is 5. The number of nitrogens with zero attached hydrogens (tertiary/aromatic N) is 1. The molecule has 1 heterocycles. The minimum absolute atomic E-state index is 0.0465. The lowest BCUT2D eigenvalue weighted by molar-refractivity contribution is -0.136. The van der Waals surface area contributed by atoms with Gasteiger partial charge in [-0.25, -0.2) is 0 Å². The summed E-state index contributed by atoms with van der Waals surface area (Å²) in [5, 5.41) is 4.36. The molecule has 0 aromatic carbocycles. The van der Waals surface area contributed by atoms with Crippen molar-refractivity contribution < 1.29 is 9.59 Å². The zero-order valence-electron chi connectivity index (χ0n) is 9.97. The Hall–Kier alpha value is -1.40. The van der Waals surface area contributed by atoms with Crippen LogP contribution in [0.25, 0.3) is 0 Å². The average Bonchev–Trinajstić information content (AvgIpc) is 2.87. The lowest BCUT2D eigenvalue weighted by Gasteiger charge is -2.22. The van der Waals surface area contributed by atoms with Gasteiger partial charge < -0.3 is 16.0 Å². The molecule has 0 saturated carbocycles. The highest BCUT2D eigenvalue weighted by Crippen LogP contribution is 2.18. The van der Waals surface area contributed by atoms with Gasteiger partial charge in [0.1, 0.15) is 6.04 Å². The van der Waals surface area contributed by atoms with Gasteiger partial charge in [0, 0.05) is 18.5 Å². The number of likely N-dealkylation sites (N-methyl/N-ethyl adjacent to an activating group) is 2. The maximum absolute atomic E-state index is 12.1. The third kappa shape index (κ3) is 3.54. The summed E-state index contributed by atoms with van der Waals surface area (Å²) >= 11 is 1.44. The molecule has 0 saturated heterocycles. The molecule has 1 aromatic rings. The van der Waals surface area contributed by atoms with Crippen molar-refractivity contribution in [3.8, 4) is 0 Å². The van der Waals surface area contributed by atoms with Gasteiger partial charge in [-0.05, 0) is 18.4 Å². The Morgan fingerprint density at radius 3 is 2.76 bits per heavy atom. The number of nitrogens with one attached hydrogen (secondary N) is 1. The van der Waals surface area contributed by atoms with Crippen molar-refractivity contribution in [3.05, 3.63) is 22.4 Å². The second-order valence-electron chi connectivity index (χ2n) is 3.52. The number of amides is 2. The topological polar surface area (TPSA) is 75.4 Å². The van der Waals surface area contributed by atoms with E-state index in [9.17, 15) is 9.59 Å². The molecule has 1 rings (SSSR count). The van der Waals surface area contributed by atoms with E-state index in [4.69, 9.17) is 5.73 Å². The Morgan fingerprint density at radius 2 is 2.29 bits per heavy atom. The third-order valence-electron chi connectivity index (χ3n) is 2.42. The average molecular weight is 255 g/mol. The van der Waals surface area contributed by atoms with Crippen LogP contribution in [-0.2, 0) is 9.59 Å². The summed E-state index contributed by atoms with van der Waals surface area (Å²) in [4.78, 5) is 25.6.